The molecule has 0 spiro atoms. The molecular formula is C16H18O2. The van der Waals surface area contributed by atoms with E-state index in [9.17, 15) is 4.79 Å². The Balaban J connectivity index is 2.22. The largest absolute Gasteiger partial charge is 0.468 e. The SMILES string of the molecule is C=C(C)C1(C(=O)OC)[C@@H]2CC[C@H]1c1ccccc12. The minimum Gasteiger partial charge on any atom is -0.468 e. The van der Waals surface area contributed by atoms with Crippen LogP contribution in [0.15, 0.2) is 36.4 Å². The first-order chi connectivity index (χ1) is 8.64. The zero-order chi connectivity index (χ0) is 12.9. The minimum absolute atomic E-state index is 0.112. The fourth-order valence-corrected chi connectivity index (χ4v) is 4.20. The smallest absolute Gasteiger partial charge is 0.317 e. The molecule has 0 aromatic heterocycles. The molecular weight excluding hydrogens is 224 g/mol. The van der Waals surface area contributed by atoms with Gasteiger partial charge in [0.1, 0.15) is 5.41 Å². The van der Waals surface area contributed by atoms with Crippen molar-refractivity contribution in [3.8, 4) is 0 Å². The van der Waals surface area contributed by atoms with Crippen LogP contribution < -0.4 is 0 Å². The fourth-order valence-electron chi connectivity index (χ4n) is 4.20. The molecule has 0 N–H and O–H groups in total. The average molecular weight is 242 g/mol. The first-order valence-electron chi connectivity index (χ1n) is 6.47. The minimum atomic E-state index is -0.515. The third-order valence-electron chi connectivity index (χ3n) is 4.82. The molecule has 0 amide bonds. The molecule has 2 aliphatic carbocycles. The van der Waals surface area contributed by atoms with Crippen molar-refractivity contribution in [2.75, 3.05) is 7.11 Å². The van der Waals surface area contributed by atoms with Crippen molar-refractivity contribution >= 4 is 5.97 Å². The molecule has 2 nitrogen and oxygen atoms in total. The molecule has 1 saturated carbocycles. The second kappa shape index (κ2) is 3.71. The summed E-state index contributed by atoms with van der Waals surface area (Å²) in [4.78, 5) is 12.4. The van der Waals surface area contributed by atoms with E-state index in [4.69, 9.17) is 4.74 Å². The van der Waals surface area contributed by atoms with Crippen LogP contribution in [0, 0.1) is 5.41 Å². The molecule has 1 fully saturated rings. The molecule has 0 saturated heterocycles. The van der Waals surface area contributed by atoms with Crippen LogP contribution in [-0.2, 0) is 9.53 Å². The molecule has 0 aliphatic heterocycles. The van der Waals surface area contributed by atoms with Crippen LogP contribution in [0.1, 0.15) is 42.7 Å². The standard InChI is InChI=1S/C16H18O2/c1-10(2)16(15(17)18-3)13-8-9-14(16)12-7-5-4-6-11(12)13/h4-7,13-14H,1,8-9H2,2-3H3/t13-,14+,16?. The summed E-state index contributed by atoms with van der Waals surface area (Å²) in [5.74, 6) is 0.394. The van der Waals surface area contributed by atoms with Gasteiger partial charge in [-0.25, -0.2) is 0 Å². The Morgan fingerprint density at radius 3 is 2.17 bits per heavy atom. The monoisotopic (exact) mass is 242 g/mol. The van der Waals surface area contributed by atoms with E-state index in [2.05, 4.69) is 30.8 Å². The number of carbonyl (C=O) groups is 1. The highest BCUT2D eigenvalue weighted by Gasteiger charge is 2.62. The Hall–Kier alpha value is -1.57. The van der Waals surface area contributed by atoms with E-state index in [1.165, 1.54) is 18.2 Å². The fraction of sp³-hybridized carbons (Fsp3) is 0.438. The number of esters is 1. The molecule has 2 aliphatic rings. The van der Waals surface area contributed by atoms with Crippen molar-refractivity contribution in [3.63, 3.8) is 0 Å². The molecule has 18 heavy (non-hydrogen) atoms. The predicted octanol–water partition coefficient (Wildman–Crippen LogP) is 3.40. The maximum absolute atomic E-state index is 12.4. The van der Waals surface area contributed by atoms with Gasteiger partial charge in [0, 0.05) is 11.8 Å². The zero-order valence-electron chi connectivity index (χ0n) is 10.9. The van der Waals surface area contributed by atoms with Crippen LogP contribution in [0.5, 0.6) is 0 Å². The van der Waals surface area contributed by atoms with E-state index >= 15 is 0 Å². The van der Waals surface area contributed by atoms with E-state index < -0.39 is 5.41 Å². The third kappa shape index (κ3) is 1.11. The molecule has 0 heterocycles. The lowest BCUT2D eigenvalue weighted by Gasteiger charge is -2.32. The molecule has 1 aromatic rings. The number of benzene rings is 1. The number of methoxy groups -OCH3 is 1. The summed E-state index contributed by atoms with van der Waals surface area (Å²) in [6.45, 7) is 6.07. The van der Waals surface area contributed by atoms with Crippen LogP contribution in [0.4, 0.5) is 0 Å². The molecule has 1 aromatic carbocycles. The van der Waals surface area contributed by atoms with Gasteiger partial charge in [0.15, 0.2) is 0 Å². The summed E-state index contributed by atoms with van der Waals surface area (Å²) >= 11 is 0. The lowest BCUT2D eigenvalue weighted by Crippen LogP contribution is -2.36. The third-order valence-corrected chi connectivity index (χ3v) is 4.82. The van der Waals surface area contributed by atoms with Crippen molar-refractivity contribution in [2.24, 2.45) is 5.41 Å². The van der Waals surface area contributed by atoms with Gasteiger partial charge < -0.3 is 4.74 Å². The highest BCUT2D eigenvalue weighted by molar-refractivity contribution is 5.86. The molecule has 0 radical (unpaired) electrons. The maximum atomic E-state index is 12.4. The summed E-state index contributed by atoms with van der Waals surface area (Å²) in [7, 11) is 1.48. The van der Waals surface area contributed by atoms with E-state index in [1.54, 1.807) is 0 Å². The first-order valence-corrected chi connectivity index (χ1v) is 6.47. The van der Waals surface area contributed by atoms with E-state index in [0.717, 1.165) is 18.4 Å². The maximum Gasteiger partial charge on any atom is 0.317 e. The highest BCUT2D eigenvalue weighted by Crippen LogP contribution is 2.67. The molecule has 2 heteroatoms. The Labute approximate surface area is 108 Å². The Kier molecular flexibility index (Phi) is 2.37. The summed E-state index contributed by atoms with van der Waals surface area (Å²) in [6, 6.07) is 8.42. The number of fused-ring (bicyclic) bond motifs is 5. The zero-order valence-corrected chi connectivity index (χ0v) is 10.9. The topological polar surface area (TPSA) is 26.3 Å². The summed E-state index contributed by atoms with van der Waals surface area (Å²) in [6.07, 6.45) is 2.12. The number of hydrogen-bond acceptors (Lipinski definition) is 2. The van der Waals surface area contributed by atoms with E-state index in [1.807, 2.05) is 6.92 Å². The van der Waals surface area contributed by atoms with E-state index in [0.29, 0.717) is 0 Å². The second-order valence-electron chi connectivity index (χ2n) is 5.45. The lowest BCUT2D eigenvalue weighted by molar-refractivity contribution is -0.151. The van der Waals surface area contributed by atoms with Crippen molar-refractivity contribution in [2.45, 2.75) is 31.6 Å². The number of hydrogen-bond donors (Lipinski definition) is 0. The van der Waals surface area contributed by atoms with Crippen LogP contribution in [0.2, 0.25) is 0 Å². The number of carbonyl (C=O) groups excluding carboxylic acids is 1. The van der Waals surface area contributed by atoms with Gasteiger partial charge in [0.05, 0.1) is 7.11 Å². The van der Waals surface area contributed by atoms with Crippen LogP contribution >= 0.6 is 0 Å². The Bertz CT molecular complexity index is 499. The van der Waals surface area contributed by atoms with Gasteiger partial charge in [-0.2, -0.15) is 0 Å². The van der Waals surface area contributed by atoms with Crippen LogP contribution in [-0.4, -0.2) is 13.1 Å². The van der Waals surface area contributed by atoms with Gasteiger partial charge in [0.2, 0.25) is 0 Å². The van der Waals surface area contributed by atoms with Gasteiger partial charge in [-0.05, 0) is 30.9 Å². The summed E-state index contributed by atoms with van der Waals surface area (Å²) in [5.41, 5.74) is 3.07. The van der Waals surface area contributed by atoms with Crippen LogP contribution in [0.25, 0.3) is 0 Å². The van der Waals surface area contributed by atoms with Gasteiger partial charge in [-0.3, -0.25) is 4.79 Å². The van der Waals surface area contributed by atoms with Gasteiger partial charge in [0.25, 0.3) is 0 Å². The Morgan fingerprint density at radius 2 is 1.78 bits per heavy atom. The molecule has 2 bridgehead atoms. The first kappa shape index (κ1) is 11.5. The van der Waals surface area contributed by atoms with Crippen molar-refractivity contribution in [1.29, 1.82) is 0 Å². The number of rotatable bonds is 2. The molecule has 3 rings (SSSR count). The summed E-state index contributed by atoms with van der Waals surface area (Å²) < 4.78 is 5.11. The van der Waals surface area contributed by atoms with Crippen molar-refractivity contribution < 1.29 is 9.53 Å². The van der Waals surface area contributed by atoms with E-state index in [-0.39, 0.29) is 17.8 Å². The average Bonchev–Trinajstić information content (AvgIpc) is 2.91. The molecule has 1 unspecified atom stereocenters. The predicted molar refractivity (Wildman–Crippen MR) is 70.4 cm³/mol. The molecule has 3 atom stereocenters. The van der Waals surface area contributed by atoms with Crippen molar-refractivity contribution in [1.82, 2.24) is 0 Å². The quantitative estimate of drug-likeness (QED) is 0.587. The Morgan fingerprint density at radius 1 is 1.28 bits per heavy atom. The van der Waals surface area contributed by atoms with Crippen LogP contribution in [0.3, 0.4) is 0 Å². The second-order valence-corrected chi connectivity index (χ2v) is 5.45. The van der Waals surface area contributed by atoms with Crippen molar-refractivity contribution in [3.05, 3.63) is 47.5 Å². The van der Waals surface area contributed by atoms with Gasteiger partial charge in [-0.15, -0.1) is 0 Å². The molecule has 94 valence electrons. The lowest BCUT2D eigenvalue weighted by atomic mass is 9.71. The highest BCUT2D eigenvalue weighted by atomic mass is 16.5. The number of ether oxygens (including phenoxy) is 1. The summed E-state index contributed by atoms with van der Waals surface area (Å²) in [5, 5.41) is 0. The normalized spacial score (nSPS) is 32.1. The van der Waals surface area contributed by atoms with Gasteiger partial charge in [-0.1, -0.05) is 36.4 Å². The van der Waals surface area contributed by atoms with Gasteiger partial charge >= 0.3 is 5.97 Å².